The molecule has 186 valence electrons. The van der Waals surface area contributed by atoms with E-state index in [9.17, 15) is 14.4 Å². The smallest absolute Gasteiger partial charge is 0.326 e. The van der Waals surface area contributed by atoms with Crippen molar-refractivity contribution < 1.29 is 28.6 Å². The number of hydrogen-bond acceptors (Lipinski definition) is 7. The summed E-state index contributed by atoms with van der Waals surface area (Å²) < 4.78 is 17.5. The number of fused-ring (bicyclic) bond motifs is 1. The number of carbonyl (C=O) groups excluding carboxylic acids is 3. The van der Waals surface area contributed by atoms with Crippen LogP contribution in [0.15, 0.2) is 64.0 Å². The van der Waals surface area contributed by atoms with Gasteiger partial charge in [0.2, 0.25) is 0 Å². The minimum atomic E-state index is -0.631. The van der Waals surface area contributed by atoms with Gasteiger partial charge < -0.3 is 14.2 Å². The SMILES string of the molecule is CCOC(=O)CN1C(=O)S/C(=C/c2cc(OCC)c(OCc3cccc4ccccc34)cc2Br)C1=O. The van der Waals surface area contributed by atoms with E-state index in [1.165, 1.54) is 0 Å². The summed E-state index contributed by atoms with van der Waals surface area (Å²) in [5.41, 5.74) is 1.68. The second kappa shape index (κ2) is 11.6. The number of amides is 2. The molecule has 0 saturated carbocycles. The van der Waals surface area contributed by atoms with Gasteiger partial charge in [-0.15, -0.1) is 0 Å². The van der Waals surface area contributed by atoms with Crippen LogP contribution in [-0.4, -0.2) is 41.8 Å². The van der Waals surface area contributed by atoms with E-state index in [1.54, 1.807) is 25.1 Å². The number of carbonyl (C=O) groups is 3. The minimum absolute atomic E-state index is 0.174. The van der Waals surface area contributed by atoms with E-state index in [1.807, 2.05) is 31.2 Å². The van der Waals surface area contributed by atoms with Crippen LogP contribution in [0.4, 0.5) is 4.79 Å². The first-order valence-electron chi connectivity index (χ1n) is 11.4. The minimum Gasteiger partial charge on any atom is -0.490 e. The zero-order chi connectivity index (χ0) is 25.7. The third kappa shape index (κ3) is 5.74. The van der Waals surface area contributed by atoms with Crippen molar-refractivity contribution in [3.05, 3.63) is 75.1 Å². The maximum Gasteiger partial charge on any atom is 0.326 e. The molecule has 0 aromatic heterocycles. The molecule has 2 amide bonds. The van der Waals surface area contributed by atoms with Crippen LogP contribution in [0.2, 0.25) is 0 Å². The zero-order valence-electron chi connectivity index (χ0n) is 19.8. The Bertz CT molecular complexity index is 1350. The van der Waals surface area contributed by atoms with Crippen LogP contribution in [0.3, 0.4) is 0 Å². The summed E-state index contributed by atoms with van der Waals surface area (Å²) in [5.74, 6) is -0.116. The average molecular weight is 570 g/mol. The molecule has 36 heavy (non-hydrogen) atoms. The van der Waals surface area contributed by atoms with E-state index in [2.05, 4.69) is 34.1 Å². The van der Waals surface area contributed by atoms with Crippen molar-refractivity contribution in [3.8, 4) is 11.5 Å². The van der Waals surface area contributed by atoms with Crippen molar-refractivity contribution in [1.29, 1.82) is 0 Å². The summed E-state index contributed by atoms with van der Waals surface area (Å²) in [7, 11) is 0. The summed E-state index contributed by atoms with van der Waals surface area (Å²) in [6.07, 6.45) is 1.59. The Morgan fingerprint density at radius 1 is 1.00 bits per heavy atom. The Hall–Kier alpha value is -3.30. The Balaban J connectivity index is 1.57. The van der Waals surface area contributed by atoms with E-state index in [4.69, 9.17) is 14.2 Å². The van der Waals surface area contributed by atoms with E-state index in [-0.39, 0.29) is 11.5 Å². The first-order valence-corrected chi connectivity index (χ1v) is 13.0. The van der Waals surface area contributed by atoms with Crippen molar-refractivity contribution in [2.75, 3.05) is 19.8 Å². The third-order valence-electron chi connectivity index (χ3n) is 5.38. The summed E-state index contributed by atoms with van der Waals surface area (Å²) in [5, 5.41) is 1.74. The lowest BCUT2D eigenvalue weighted by Gasteiger charge is -2.15. The standard InChI is InChI=1S/C27H24BrNO6S/c1-3-33-22-12-19(13-24-26(31)29(27(32)36-24)15-25(30)34-4-2)21(28)14-23(22)35-16-18-10-7-9-17-8-5-6-11-20(17)18/h5-14H,3-4,15-16H2,1-2H3/b24-13+. The van der Waals surface area contributed by atoms with Gasteiger partial charge in [-0.05, 0) is 65.7 Å². The maximum atomic E-state index is 12.8. The molecule has 0 radical (unpaired) electrons. The third-order valence-corrected chi connectivity index (χ3v) is 6.97. The Kier molecular flexibility index (Phi) is 8.32. The molecule has 1 aliphatic rings. The molecule has 3 aromatic rings. The quantitative estimate of drug-likeness (QED) is 0.225. The van der Waals surface area contributed by atoms with Crippen LogP contribution in [0, 0.1) is 0 Å². The van der Waals surface area contributed by atoms with Crippen LogP contribution < -0.4 is 9.47 Å². The second-order valence-electron chi connectivity index (χ2n) is 7.75. The highest BCUT2D eigenvalue weighted by atomic mass is 79.9. The molecular weight excluding hydrogens is 546 g/mol. The Morgan fingerprint density at radius 3 is 2.53 bits per heavy atom. The average Bonchev–Trinajstić information content (AvgIpc) is 3.12. The van der Waals surface area contributed by atoms with E-state index in [0.717, 1.165) is 33.0 Å². The van der Waals surface area contributed by atoms with Crippen molar-refractivity contribution in [2.24, 2.45) is 0 Å². The van der Waals surface area contributed by atoms with Crippen molar-refractivity contribution in [1.82, 2.24) is 4.90 Å². The van der Waals surface area contributed by atoms with Gasteiger partial charge in [0.05, 0.1) is 18.1 Å². The van der Waals surface area contributed by atoms with Gasteiger partial charge in [0, 0.05) is 4.47 Å². The lowest BCUT2D eigenvalue weighted by atomic mass is 10.1. The molecule has 0 N–H and O–H groups in total. The van der Waals surface area contributed by atoms with Crippen molar-refractivity contribution >= 4 is 61.7 Å². The molecule has 9 heteroatoms. The van der Waals surface area contributed by atoms with Crippen LogP contribution >= 0.6 is 27.7 Å². The molecular formula is C27H24BrNO6S. The normalized spacial score (nSPS) is 14.5. The van der Waals surface area contributed by atoms with E-state index in [0.29, 0.717) is 34.7 Å². The molecule has 3 aromatic carbocycles. The number of esters is 1. The molecule has 1 fully saturated rings. The van der Waals surface area contributed by atoms with Crippen molar-refractivity contribution in [2.45, 2.75) is 20.5 Å². The van der Waals surface area contributed by atoms with Gasteiger partial charge in [-0.25, -0.2) is 0 Å². The predicted molar refractivity (Wildman–Crippen MR) is 143 cm³/mol. The molecule has 0 aliphatic carbocycles. The number of rotatable bonds is 9. The predicted octanol–water partition coefficient (Wildman–Crippen LogP) is 6.18. The number of ether oxygens (including phenoxy) is 3. The number of thioether (sulfide) groups is 1. The van der Waals surface area contributed by atoms with E-state index >= 15 is 0 Å². The Labute approximate surface area is 221 Å². The van der Waals surface area contributed by atoms with Crippen LogP contribution in [-0.2, 0) is 20.9 Å². The largest absolute Gasteiger partial charge is 0.490 e. The number of benzene rings is 3. The molecule has 1 aliphatic heterocycles. The van der Waals surface area contributed by atoms with Crippen molar-refractivity contribution in [3.63, 3.8) is 0 Å². The highest BCUT2D eigenvalue weighted by molar-refractivity contribution is 9.10. The molecule has 0 spiro atoms. The van der Waals surface area contributed by atoms with Crippen LogP contribution in [0.25, 0.3) is 16.8 Å². The van der Waals surface area contributed by atoms with Crippen LogP contribution in [0.1, 0.15) is 25.0 Å². The fourth-order valence-corrected chi connectivity index (χ4v) is 5.00. The van der Waals surface area contributed by atoms with Gasteiger partial charge in [-0.1, -0.05) is 58.4 Å². The summed E-state index contributed by atoms with van der Waals surface area (Å²) >= 11 is 4.32. The molecule has 1 saturated heterocycles. The van der Waals surface area contributed by atoms with Gasteiger partial charge >= 0.3 is 5.97 Å². The first kappa shape index (κ1) is 25.8. The topological polar surface area (TPSA) is 82.1 Å². The molecule has 1 heterocycles. The fraction of sp³-hybridized carbons (Fsp3) is 0.222. The molecule has 0 atom stereocenters. The summed E-state index contributed by atoms with van der Waals surface area (Å²) in [6.45, 7) is 4.06. The summed E-state index contributed by atoms with van der Waals surface area (Å²) in [6, 6.07) is 17.7. The van der Waals surface area contributed by atoms with Gasteiger partial charge in [-0.2, -0.15) is 0 Å². The van der Waals surface area contributed by atoms with Gasteiger partial charge in [-0.3, -0.25) is 19.3 Å². The molecule has 0 unspecified atom stereocenters. The molecule has 7 nitrogen and oxygen atoms in total. The van der Waals surface area contributed by atoms with Gasteiger partial charge in [0.1, 0.15) is 13.2 Å². The number of imide groups is 1. The highest BCUT2D eigenvalue weighted by Crippen LogP contribution is 2.38. The lowest BCUT2D eigenvalue weighted by molar-refractivity contribution is -0.145. The van der Waals surface area contributed by atoms with Gasteiger partial charge in [0.15, 0.2) is 11.5 Å². The zero-order valence-corrected chi connectivity index (χ0v) is 22.2. The second-order valence-corrected chi connectivity index (χ2v) is 9.60. The number of nitrogens with zero attached hydrogens (tertiary/aromatic N) is 1. The monoisotopic (exact) mass is 569 g/mol. The lowest BCUT2D eigenvalue weighted by Crippen LogP contribution is -2.34. The number of halogens is 1. The highest BCUT2D eigenvalue weighted by Gasteiger charge is 2.36. The molecule has 0 bridgehead atoms. The maximum absolute atomic E-state index is 12.8. The number of hydrogen-bond donors (Lipinski definition) is 0. The molecule has 4 rings (SSSR count). The fourth-order valence-electron chi connectivity index (χ4n) is 3.73. The summed E-state index contributed by atoms with van der Waals surface area (Å²) in [4.78, 5) is 37.9. The van der Waals surface area contributed by atoms with Gasteiger partial charge in [0.25, 0.3) is 11.1 Å². The van der Waals surface area contributed by atoms with Crippen LogP contribution in [0.5, 0.6) is 11.5 Å². The van der Waals surface area contributed by atoms with E-state index < -0.39 is 23.7 Å². The first-order chi connectivity index (χ1) is 17.4. The Morgan fingerprint density at radius 2 is 1.75 bits per heavy atom.